The molecule has 0 aromatic heterocycles. The van der Waals surface area contributed by atoms with Gasteiger partial charge < -0.3 is 24.3 Å². The molecule has 1 amide bonds. The maximum atomic E-state index is 13.2. The van der Waals surface area contributed by atoms with Crippen LogP contribution in [0.4, 0.5) is 4.79 Å². The summed E-state index contributed by atoms with van der Waals surface area (Å²) < 4.78 is 22.6. The van der Waals surface area contributed by atoms with Crippen molar-refractivity contribution in [2.24, 2.45) is 11.8 Å². The predicted molar refractivity (Wildman–Crippen MR) is 168 cm³/mol. The molecule has 0 atom stereocenters. The third-order valence-corrected chi connectivity index (χ3v) is 7.77. The molecule has 0 saturated heterocycles. The first-order valence-corrected chi connectivity index (χ1v) is 15.2. The number of ether oxygens (including phenoxy) is 4. The minimum Gasteiger partial charge on any atom is -0.489 e. The predicted octanol–water partition coefficient (Wildman–Crippen LogP) is 7.26. The number of benzene rings is 4. The van der Waals surface area contributed by atoms with Gasteiger partial charge in [0.1, 0.15) is 36.9 Å². The number of alkyl carbamates (subject to hydrolysis) is 1. The van der Waals surface area contributed by atoms with Gasteiger partial charge in [-0.2, -0.15) is 0 Å². The van der Waals surface area contributed by atoms with E-state index in [0.717, 1.165) is 29.5 Å². The van der Waals surface area contributed by atoms with Crippen molar-refractivity contribution >= 4 is 18.0 Å². The van der Waals surface area contributed by atoms with E-state index in [0.29, 0.717) is 31.7 Å². The van der Waals surface area contributed by atoms with Crippen LogP contribution in [-0.4, -0.2) is 24.6 Å². The van der Waals surface area contributed by atoms with Crippen molar-refractivity contribution in [1.82, 2.24) is 5.32 Å². The monoisotopic (exact) mass is 607 g/mol. The highest BCUT2D eigenvalue weighted by Crippen LogP contribution is 2.32. The molecule has 0 bridgehead atoms. The molecule has 0 radical (unpaired) electrons. The first kappa shape index (κ1) is 31.3. The molecule has 1 aliphatic rings. The lowest BCUT2D eigenvalue weighted by atomic mass is 9.82. The normalized spacial score (nSPS) is 15.8. The molecule has 8 heteroatoms. The van der Waals surface area contributed by atoms with Crippen LogP contribution in [0, 0.1) is 11.8 Å². The molecule has 0 heterocycles. The SMILES string of the molecule is O=C(NC[C@H]1CC[C@H](C(=O)Oc2ccc(OCc3ccccc3)cc2C(=O)OCc2ccccc2)CC1)OCc1ccccc1. The largest absolute Gasteiger partial charge is 0.489 e. The minimum absolute atomic E-state index is 0.0833. The van der Waals surface area contributed by atoms with Gasteiger partial charge in [0.05, 0.1) is 5.92 Å². The Hall–Kier alpha value is -5.11. The molecule has 8 nitrogen and oxygen atoms in total. The molecular weight excluding hydrogens is 570 g/mol. The standard InChI is InChI=1S/C37H37NO7/c39-35(31-18-16-27(17-19-31)23-38-37(41)44-26-30-14-8-3-9-15-30)45-34-21-20-32(42-24-28-10-4-1-5-11-28)22-33(34)36(40)43-25-29-12-6-2-7-13-29/h1-15,20-22,27,31H,16-19,23-26H2,(H,38,41)/t27-,31-. The quantitative estimate of drug-likeness (QED) is 0.134. The molecule has 5 rings (SSSR count). The highest BCUT2D eigenvalue weighted by Gasteiger charge is 2.29. The van der Waals surface area contributed by atoms with Gasteiger partial charge in [0.25, 0.3) is 0 Å². The molecule has 1 N–H and O–H groups in total. The van der Waals surface area contributed by atoms with Crippen molar-refractivity contribution in [1.29, 1.82) is 0 Å². The summed E-state index contributed by atoms with van der Waals surface area (Å²) in [6.07, 6.45) is 2.31. The lowest BCUT2D eigenvalue weighted by Crippen LogP contribution is -2.33. The van der Waals surface area contributed by atoms with Crippen LogP contribution in [0.2, 0.25) is 0 Å². The average Bonchev–Trinajstić information content (AvgIpc) is 3.10. The van der Waals surface area contributed by atoms with E-state index >= 15 is 0 Å². The third-order valence-electron chi connectivity index (χ3n) is 7.77. The Morgan fingerprint density at radius 2 is 1.20 bits per heavy atom. The summed E-state index contributed by atoms with van der Waals surface area (Å²) in [5.41, 5.74) is 2.87. The Balaban J connectivity index is 1.15. The molecule has 1 saturated carbocycles. The molecule has 0 unspecified atom stereocenters. The number of carbonyl (C=O) groups is 3. The maximum Gasteiger partial charge on any atom is 0.407 e. The van der Waals surface area contributed by atoms with E-state index in [1.807, 2.05) is 91.0 Å². The number of carbonyl (C=O) groups excluding carboxylic acids is 3. The Labute approximate surface area is 263 Å². The first-order valence-electron chi connectivity index (χ1n) is 15.2. The van der Waals surface area contributed by atoms with Gasteiger partial charge in [0, 0.05) is 6.54 Å². The highest BCUT2D eigenvalue weighted by atomic mass is 16.6. The van der Waals surface area contributed by atoms with Crippen LogP contribution in [0.1, 0.15) is 52.7 Å². The fraction of sp³-hybridized carbons (Fsp3) is 0.270. The van der Waals surface area contributed by atoms with Crippen molar-refractivity contribution in [2.45, 2.75) is 45.5 Å². The van der Waals surface area contributed by atoms with E-state index in [1.54, 1.807) is 18.2 Å². The van der Waals surface area contributed by atoms with Gasteiger partial charge in [0.2, 0.25) is 0 Å². The molecule has 0 spiro atoms. The molecule has 0 aliphatic heterocycles. The third kappa shape index (κ3) is 9.69. The first-order chi connectivity index (χ1) is 22.0. The second-order valence-corrected chi connectivity index (χ2v) is 11.1. The number of amides is 1. The van der Waals surface area contributed by atoms with Crippen molar-refractivity contribution in [3.05, 3.63) is 131 Å². The zero-order chi connectivity index (χ0) is 31.3. The number of hydrogen-bond donors (Lipinski definition) is 1. The number of esters is 2. The van der Waals surface area contributed by atoms with Crippen molar-refractivity contribution in [3.63, 3.8) is 0 Å². The summed E-state index contributed by atoms with van der Waals surface area (Å²) in [6, 6.07) is 33.4. The van der Waals surface area contributed by atoms with E-state index in [-0.39, 0.29) is 36.4 Å². The smallest absolute Gasteiger partial charge is 0.407 e. The highest BCUT2D eigenvalue weighted by molar-refractivity contribution is 5.94. The van der Waals surface area contributed by atoms with E-state index in [4.69, 9.17) is 18.9 Å². The molecule has 1 fully saturated rings. The number of nitrogens with one attached hydrogen (secondary N) is 1. The zero-order valence-electron chi connectivity index (χ0n) is 25.1. The summed E-state index contributed by atoms with van der Waals surface area (Å²) >= 11 is 0. The van der Waals surface area contributed by atoms with Crippen molar-refractivity contribution in [3.8, 4) is 11.5 Å². The number of hydrogen-bond acceptors (Lipinski definition) is 7. The molecule has 232 valence electrons. The second-order valence-electron chi connectivity index (χ2n) is 11.1. The summed E-state index contributed by atoms with van der Waals surface area (Å²) in [6.45, 7) is 1.10. The van der Waals surface area contributed by atoms with E-state index < -0.39 is 18.0 Å². The Bertz CT molecular complexity index is 1540. The summed E-state index contributed by atoms with van der Waals surface area (Å²) in [5, 5.41) is 2.84. The van der Waals surface area contributed by atoms with E-state index in [9.17, 15) is 14.4 Å². The molecule has 1 aliphatic carbocycles. The lowest BCUT2D eigenvalue weighted by Gasteiger charge is -2.27. The molecular formula is C37H37NO7. The fourth-order valence-corrected chi connectivity index (χ4v) is 5.18. The van der Waals surface area contributed by atoms with Crippen molar-refractivity contribution < 1.29 is 33.3 Å². The Morgan fingerprint density at radius 1 is 0.644 bits per heavy atom. The van der Waals surface area contributed by atoms with Crippen LogP contribution < -0.4 is 14.8 Å². The molecule has 4 aromatic carbocycles. The minimum atomic E-state index is -0.610. The van der Waals surface area contributed by atoms with Crippen LogP contribution >= 0.6 is 0 Å². The van der Waals surface area contributed by atoms with E-state index in [2.05, 4.69) is 5.32 Å². The lowest BCUT2D eigenvalue weighted by molar-refractivity contribution is -0.140. The summed E-state index contributed by atoms with van der Waals surface area (Å²) in [5.74, 6) is -0.480. The van der Waals surface area contributed by atoms with Crippen molar-refractivity contribution in [2.75, 3.05) is 6.54 Å². The topological polar surface area (TPSA) is 100 Å². The number of rotatable bonds is 12. The molecule has 45 heavy (non-hydrogen) atoms. The average molecular weight is 608 g/mol. The van der Waals surface area contributed by atoms with Crippen LogP contribution in [-0.2, 0) is 34.1 Å². The van der Waals surface area contributed by atoms with Gasteiger partial charge in [0.15, 0.2) is 0 Å². The van der Waals surface area contributed by atoms with Crippen LogP contribution in [0.3, 0.4) is 0 Å². The van der Waals surface area contributed by atoms with Crippen LogP contribution in [0.25, 0.3) is 0 Å². The zero-order valence-corrected chi connectivity index (χ0v) is 25.1. The van der Waals surface area contributed by atoms with Gasteiger partial charge in [-0.3, -0.25) is 4.79 Å². The van der Waals surface area contributed by atoms with E-state index in [1.165, 1.54) is 0 Å². The van der Waals surface area contributed by atoms with Gasteiger partial charge >= 0.3 is 18.0 Å². The van der Waals surface area contributed by atoms with Crippen LogP contribution in [0.15, 0.2) is 109 Å². The second kappa shape index (κ2) is 16.1. The van der Waals surface area contributed by atoms with Gasteiger partial charge in [-0.05, 0) is 66.5 Å². The summed E-state index contributed by atoms with van der Waals surface area (Å²) in [4.78, 5) is 38.6. The fourth-order valence-electron chi connectivity index (χ4n) is 5.18. The Kier molecular flexibility index (Phi) is 11.2. The Morgan fingerprint density at radius 3 is 1.80 bits per heavy atom. The van der Waals surface area contributed by atoms with Gasteiger partial charge in [-0.25, -0.2) is 9.59 Å². The van der Waals surface area contributed by atoms with Gasteiger partial charge in [-0.1, -0.05) is 91.0 Å². The van der Waals surface area contributed by atoms with Crippen LogP contribution in [0.5, 0.6) is 11.5 Å². The maximum absolute atomic E-state index is 13.2. The summed E-state index contributed by atoms with van der Waals surface area (Å²) in [7, 11) is 0. The molecule has 4 aromatic rings. The van der Waals surface area contributed by atoms with Gasteiger partial charge in [-0.15, -0.1) is 0 Å².